The molecule has 2 aromatic carbocycles. The Morgan fingerprint density at radius 1 is 1.02 bits per heavy atom. The summed E-state index contributed by atoms with van der Waals surface area (Å²) in [6, 6.07) is 10.4. The molecule has 0 unspecified atom stereocenters. The molecule has 0 saturated carbocycles. The first-order valence-electron chi connectivity index (χ1n) is 13.6. The standard InChI is InChI=1S/C31H34FN3O4.ClH/c1-5-34(6-2)14-7-8-15-38-21-10-12-25-22(17-21)23(18-35(25)19(3)4)26-28(31(37)33-30(26)36)27-24(32)11-9-20-13-16-39-29(20)27;/h9-13,16-19H,5-8,14-15H2,1-4H3,(H,33,36,37);1H. The number of hydrogen-bond acceptors (Lipinski definition) is 5. The number of nitrogens with zero attached hydrogens (tertiary/aromatic N) is 2. The molecule has 40 heavy (non-hydrogen) atoms. The van der Waals surface area contributed by atoms with Crippen molar-refractivity contribution in [2.24, 2.45) is 0 Å². The number of benzene rings is 2. The molecule has 1 aliphatic rings. The molecule has 5 rings (SSSR count). The first kappa shape index (κ1) is 29.4. The van der Waals surface area contributed by atoms with E-state index in [2.05, 4.69) is 24.1 Å². The van der Waals surface area contributed by atoms with Gasteiger partial charge in [-0.2, -0.15) is 0 Å². The summed E-state index contributed by atoms with van der Waals surface area (Å²) in [6.45, 7) is 12.1. The van der Waals surface area contributed by atoms with Gasteiger partial charge in [0.2, 0.25) is 0 Å². The fourth-order valence-corrected chi connectivity index (χ4v) is 5.31. The summed E-state index contributed by atoms with van der Waals surface area (Å²) in [7, 11) is 0. The lowest BCUT2D eigenvalue weighted by molar-refractivity contribution is -0.122. The summed E-state index contributed by atoms with van der Waals surface area (Å²) in [4.78, 5) is 28.7. The number of amides is 2. The molecule has 7 nitrogen and oxygen atoms in total. The molecule has 2 amide bonds. The van der Waals surface area contributed by atoms with Gasteiger partial charge >= 0.3 is 0 Å². The van der Waals surface area contributed by atoms with Crippen molar-refractivity contribution in [2.75, 3.05) is 26.2 Å². The fraction of sp³-hybridized carbons (Fsp3) is 0.355. The van der Waals surface area contributed by atoms with Gasteiger partial charge in [0.25, 0.3) is 11.8 Å². The van der Waals surface area contributed by atoms with E-state index in [4.69, 9.17) is 9.15 Å². The summed E-state index contributed by atoms with van der Waals surface area (Å²) in [6.07, 6.45) is 5.27. The van der Waals surface area contributed by atoms with Crippen LogP contribution in [0, 0.1) is 5.82 Å². The number of aromatic nitrogens is 1. The number of halogens is 2. The highest BCUT2D eigenvalue weighted by Crippen LogP contribution is 2.41. The number of unbranched alkanes of at least 4 members (excludes halogenated alkanes) is 1. The zero-order valence-electron chi connectivity index (χ0n) is 23.3. The largest absolute Gasteiger partial charge is 0.494 e. The Morgan fingerprint density at radius 2 is 1.77 bits per heavy atom. The van der Waals surface area contributed by atoms with Crippen LogP contribution < -0.4 is 10.1 Å². The zero-order chi connectivity index (χ0) is 27.7. The molecular formula is C31H35ClFN3O4. The minimum absolute atomic E-state index is 0. The number of ether oxygens (including phenoxy) is 1. The van der Waals surface area contributed by atoms with Crippen LogP contribution in [0.4, 0.5) is 4.39 Å². The van der Waals surface area contributed by atoms with Gasteiger partial charge in [0.1, 0.15) is 17.1 Å². The fourth-order valence-electron chi connectivity index (χ4n) is 5.31. The van der Waals surface area contributed by atoms with Crippen molar-refractivity contribution in [3.8, 4) is 5.75 Å². The van der Waals surface area contributed by atoms with Crippen LogP contribution in [0.3, 0.4) is 0 Å². The number of hydrogen-bond donors (Lipinski definition) is 1. The SMILES string of the molecule is CCN(CC)CCCCOc1ccc2c(c1)c(C1=C(c3c(F)ccc4ccoc34)C(=O)NC1=O)cn2C(C)C.Cl. The highest BCUT2D eigenvalue weighted by molar-refractivity contribution is 6.50. The molecule has 9 heteroatoms. The van der Waals surface area contributed by atoms with Gasteiger partial charge in [-0.15, -0.1) is 12.4 Å². The van der Waals surface area contributed by atoms with Gasteiger partial charge in [-0.1, -0.05) is 13.8 Å². The first-order chi connectivity index (χ1) is 18.8. The van der Waals surface area contributed by atoms with Gasteiger partial charge in [-0.05, 0) is 82.7 Å². The van der Waals surface area contributed by atoms with Crippen molar-refractivity contribution >= 4 is 57.2 Å². The molecule has 212 valence electrons. The summed E-state index contributed by atoms with van der Waals surface area (Å²) in [5, 5.41) is 3.78. The quantitative estimate of drug-likeness (QED) is 0.163. The lowest BCUT2D eigenvalue weighted by Crippen LogP contribution is -2.24. The maximum Gasteiger partial charge on any atom is 0.259 e. The van der Waals surface area contributed by atoms with Crippen LogP contribution >= 0.6 is 12.4 Å². The van der Waals surface area contributed by atoms with Crippen molar-refractivity contribution in [3.05, 3.63) is 65.8 Å². The molecule has 0 radical (unpaired) electrons. The van der Waals surface area contributed by atoms with Gasteiger partial charge in [0.15, 0.2) is 0 Å². The Balaban J connectivity index is 0.00000370. The van der Waals surface area contributed by atoms with Gasteiger partial charge in [0.05, 0.1) is 29.6 Å². The highest BCUT2D eigenvalue weighted by atomic mass is 35.5. The van der Waals surface area contributed by atoms with E-state index < -0.39 is 17.6 Å². The number of rotatable bonds is 11. The average molecular weight is 568 g/mol. The molecule has 0 fully saturated rings. The van der Waals surface area contributed by atoms with Gasteiger partial charge in [-0.3, -0.25) is 14.9 Å². The summed E-state index contributed by atoms with van der Waals surface area (Å²) in [5.74, 6) is -1.16. The maximum absolute atomic E-state index is 15.2. The second-order valence-electron chi connectivity index (χ2n) is 10.1. The monoisotopic (exact) mass is 567 g/mol. The minimum atomic E-state index is -0.649. The van der Waals surface area contributed by atoms with Crippen molar-refractivity contribution in [1.29, 1.82) is 0 Å². The molecule has 4 aromatic rings. The zero-order valence-corrected chi connectivity index (χ0v) is 24.1. The molecule has 0 aliphatic carbocycles. The lowest BCUT2D eigenvalue weighted by Gasteiger charge is -2.17. The Bertz CT molecular complexity index is 1580. The average Bonchev–Trinajstić information content (AvgIpc) is 3.61. The number of imide groups is 1. The van der Waals surface area contributed by atoms with E-state index in [1.165, 1.54) is 12.3 Å². The topological polar surface area (TPSA) is 76.7 Å². The van der Waals surface area contributed by atoms with Crippen molar-refractivity contribution in [3.63, 3.8) is 0 Å². The van der Waals surface area contributed by atoms with Crippen LogP contribution in [0.1, 0.15) is 57.7 Å². The van der Waals surface area contributed by atoms with E-state index in [-0.39, 0.29) is 40.7 Å². The summed E-state index contributed by atoms with van der Waals surface area (Å²) < 4.78 is 28.9. The molecule has 0 bridgehead atoms. The number of furan rings is 1. The van der Waals surface area contributed by atoms with Crippen LogP contribution in [0.5, 0.6) is 5.75 Å². The van der Waals surface area contributed by atoms with Crippen LogP contribution in [0.25, 0.3) is 33.0 Å². The molecular weight excluding hydrogens is 533 g/mol. The smallest absolute Gasteiger partial charge is 0.259 e. The Morgan fingerprint density at radius 3 is 2.50 bits per heavy atom. The number of carbonyl (C=O) groups is 2. The van der Waals surface area contributed by atoms with Gasteiger partial charge < -0.3 is 18.6 Å². The normalized spacial score (nSPS) is 13.7. The van der Waals surface area contributed by atoms with E-state index >= 15 is 4.39 Å². The van der Waals surface area contributed by atoms with E-state index in [0.717, 1.165) is 43.4 Å². The highest BCUT2D eigenvalue weighted by Gasteiger charge is 2.37. The van der Waals surface area contributed by atoms with E-state index in [9.17, 15) is 9.59 Å². The third-order valence-electron chi connectivity index (χ3n) is 7.41. The van der Waals surface area contributed by atoms with Crippen LogP contribution in [-0.2, 0) is 9.59 Å². The molecule has 0 saturated heterocycles. The Hall–Kier alpha value is -3.62. The van der Waals surface area contributed by atoms with Crippen LogP contribution in [-0.4, -0.2) is 47.5 Å². The first-order valence-corrected chi connectivity index (χ1v) is 13.6. The van der Waals surface area contributed by atoms with Crippen LogP contribution in [0.15, 0.2) is 53.3 Å². The number of fused-ring (bicyclic) bond motifs is 2. The summed E-state index contributed by atoms with van der Waals surface area (Å²) >= 11 is 0. The van der Waals surface area contributed by atoms with Gasteiger partial charge in [0, 0.05) is 34.1 Å². The number of carbonyl (C=O) groups excluding carboxylic acids is 2. The van der Waals surface area contributed by atoms with Gasteiger partial charge in [-0.25, -0.2) is 4.39 Å². The Labute approximate surface area is 239 Å². The molecule has 0 spiro atoms. The maximum atomic E-state index is 15.2. The van der Waals surface area contributed by atoms with Crippen molar-refractivity contribution in [1.82, 2.24) is 14.8 Å². The van der Waals surface area contributed by atoms with Crippen LogP contribution in [0.2, 0.25) is 0 Å². The second kappa shape index (κ2) is 12.3. The predicted octanol–water partition coefficient (Wildman–Crippen LogP) is 6.60. The second-order valence-corrected chi connectivity index (χ2v) is 10.1. The Kier molecular flexibility index (Phi) is 9.01. The van der Waals surface area contributed by atoms with E-state index in [0.29, 0.717) is 23.3 Å². The molecule has 1 aliphatic heterocycles. The third kappa shape index (κ3) is 5.38. The minimum Gasteiger partial charge on any atom is -0.494 e. The molecule has 3 heterocycles. The molecule has 0 atom stereocenters. The lowest BCUT2D eigenvalue weighted by atomic mass is 9.94. The van der Waals surface area contributed by atoms with E-state index in [1.54, 1.807) is 12.1 Å². The third-order valence-corrected chi connectivity index (χ3v) is 7.41. The predicted molar refractivity (Wildman–Crippen MR) is 158 cm³/mol. The van der Waals surface area contributed by atoms with Crippen molar-refractivity contribution < 1.29 is 23.1 Å². The molecule has 2 aromatic heterocycles. The summed E-state index contributed by atoms with van der Waals surface area (Å²) in [5.41, 5.74) is 1.76. The molecule has 1 N–H and O–H groups in total. The van der Waals surface area contributed by atoms with Crippen molar-refractivity contribution in [2.45, 2.75) is 46.6 Å². The number of nitrogens with one attached hydrogen (secondary N) is 1. The van der Waals surface area contributed by atoms with E-state index in [1.807, 2.05) is 42.8 Å².